The fourth-order valence-electron chi connectivity index (χ4n) is 5.38. The Morgan fingerprint density at radius 1 is 0.750 bits per heavy atom. The van der Waals surface area contributed by atoms with Gasteiger partial charge < -0.3 is 29.5 Å². The van der Waals surface area contributed by atoms with Gasteiger partial charge in [-0.05, 0) is 81.9 Å². The van der Waals surface area contributed by atoms with Crippen molar-refractivity contribution in [1.82, 2.24) is 50.6 Å². The van der Waals surface area contributed by atoms with E-state index in [1.807, 2.05) is 0 Å². The van der Waals surface area contributed by atoms with Crippen LogP contribution in [0.25, 0.3) is 0 Å². The third kappa shape index (κ3) is 8.49. The molecule has 0 amide bonds. The zero-order valence-corrected chi connectivity index (χ0v) is 25.8. The maximum atomic E-state index is 11.2. The Hall–Kier alpha value is -5.84. The highest BCUT2D eigenvalue weighted by Crippen LogP contribution is 2.23. The number of carbonyl (C=O) groups is 2. The lowest BCUT2D eigenvalue weighted by molar-refractivity contribution is 0.0676. The second-order valence-electron chi connectivity index (χ2n) is 11.3. The van der Waals surface area contributed by atoms with Gasteiger partial charge in [-0.1, -0.05) is 32.5 Å². The number of carboxylic acid groups (broad SMARTS) is 2. The van der Waals surface area contributed by atoms with Gasteiger partial charge in [0.05, 0.1) is 6.20 Å². The second-order valence-corrected chi connectivity index (χ2v) is 11.3. The van der Waals surface area contributed by atoms with Crippen molar-refractivity contribution >= 4 is 11.9 Å². The second kappa shape index (κ2) is 15.2. The molecule has 48 heavy (non-hydrogen) atoms. The molecule has 2 aliphatic heterocycles. The molecule has 0 unspecified atom stereocenters. The number of pyridine rings is 2. The molecule has 2 fully saturated rings. The Labute approximate surface area is 274 Å². The first-order valence-electron chi connectivity index (χ1n) is 15.4. The van der Waals surface area contributed by atoms with Crippen LogP contribution in [0.5, 0.6) is 23.3 Å². The molecule has 2 saturated heterocycles. The third-order valence-electron chi connectivity index (χ3n) is 8.07. The first-order chi connectivity index (χ1) is 23.4. The molecule has 4 aromatic rings. The SMILES string of the molecule is O=C(O)c1[nH]nnc1Oc1ccc(C#CC2CCN(CCN3CCC(C#Cc4cc(Oc5nn[nH]c5C(=O)O)ccn4)CC3)CC2)nc1. The van der Waals surface area contributed by atoms with Crippen molar-refractivity contribution in [2.24, 2.45) is 11.8 Å². The quantitative estimate of drug-likeness (QED) is 0.192. The maximum Gasteiger partial charge on any atom is 0.359 e. The van der Waals surface area contributed by atoms with Crippen molar-refractivity contribution in [2.75, 3.05) is 39.3 Å². The summed E-state index contributed by atoms with van der Waals surface area (Å²) in [6.07, 6.45) is 7.05. The maximum absolute atomic E-state index is 11.2. The molecule has 0 radical (unpaired) electrons. The Morgan fingerprint density at radius 3 is 1.81 bits per heavy atom. The summed E-state index contributed by atoms with van der Waals surface area (Å²) in [5, 5.41) is 37.1. The fourth-order valence-corrected chi connectivity index (χ4v) is 5.38. The largest absolute Gasteiger partial charge is 0.476 e. The molecule has 0 aliphatic carbocycles. The van der Waals surface area contributed by atoms with Crippen LogP contribution in [0.1, 0.15) is 58.0 Å². The molecule has 0 atom stereocenters. The van der Waals surface area contributed by atoms with Gasteiger partial charge in [-0.25, -0.2) is 29.8 Å². The summed E-state index contributed by atoms with van der Waals surface area (Å²) in [6.45, 7) is 6.07. The van der Waals surface area contributed by atoms with Crippen molar-refractivity contribution in [3.63, 3.8) is 0 Å². The number of aromatic carboxylic acids is 2. The predicted molar refractivity (Wildman–Crippen MR) is 167 cm³/mol. The van der Waals surface area contributed by atoms with Gasteiger partial charge >= 0.3 is 11.9 Å². The van der Waals surface area contributed by atoms with Gasteiger partial charge in [-0.2, -0.15) is 0 Å². The highest BCUT2D eigenvalue weighted by molar-refractivity contribution is 5.88. The molecule has 4 aromatic heterocycles. The number of likely N-dealkylation sites (tertiary alicyclic amines) is 2. The van der Waals surface area contributed by atoms with Crippen molar-refractivity contribution in [3.05, 3.63) is 59.4 Å². The zero-order valence-electron chi connectivity index (χ0n) is 25.8. The van der Waals surface area contributed by atoms with E-state index in [0.29, 0.717) is 28.8 Å². The van der Waals surface area contributed by atoms with Crippen molar-refractivity contribution in [2.45, 2.75) is 25.7 Å². The molecule has 16 nitrogen and oxygen atoms in total. The minimum atomic E-state index is -1.21. The summed E-state index contributed by atoms with van der Waals surface area (Å²) in [5.41, 5.74) is 0.710. The Morgan fingerprint density at radius 2 is 1.29 bits per heavy atom. The summed E-state index contributed by atoms with van der Waals surface area (Å²) in [6, 6.07) is 6.67. The lowest BCUT2D eigenvalue weighted by Gasteiger charge is -2.34. The molecule has 2 aliphatic rings. The number of rotatable bonds is 9. The first-order valence-corrected chi connectivity index (χ1v) is 15.4. The van der Waals surface area contributed by atoms with E-state index in [-0.39, 0.29) is 29.1 Å². The molecule has 6 rings (SSSR count). The van der Waals surface area contributed by atoms with Gasteiger partial charge in [0, 0.05) is 37.2 Å². The smallest absolute Gasteiger partial charge is 0.359 e. The summed E-state index contributed by atoms with van der Waals surface area (Å²) >= 11 is 0. The number of piperidine rings is 2. The van der Waals surface area contributed by atoms with Gasteiger partial charge in [-0.15, -0.1) is 0 Å². The van der Waals surface area contributed by atoms with Gasteiger partial charge in [0.2, 0.25) is 11.4 Å². The fraction of sp³-hybridized carbons (Fsp3) is 0.375. The van der Waals surface area contributed by atoms with Crippen LogP contribution in [-0.4, -0.2) is 112 Å². The van der Waals surface area contributed by atoms with Crippen LogP contribution >= 0.6 is 0 Å². The number of H-pyrrole nitrogens is 2. The van der Waals surface area contributed by atoms with Gasteiger partial charge in [0.25, 0.3) is 11.8 Å². The van der Waals surface area contributed by atoms with E-state index in [0.717, 1.165) is 65.0 Å². The number of carboxylic acids is 2. The molecule has 0 bridgehead atoms. The average Bonchev–Trinajstić information content (AvgIpc) is 3.77. The molecule has 246 valence electrons. The molecule has 16 heteroatoms. The lowest BCUT2D eigenvalue weighted by Crippen LogP contribution is -2.42. The van der Waals surface area contributed by atoms with E-state index >= 15 is 0 Å². The highest BCUT2D eigenvalue weighted by atomic mass is 16.5. The molecule has 0 spiro atoms. The number of nitrogens with one attached hydrogen (secondary N) is 2. The number of ether oxygens (including phenoxy) is 2. The molecule has 0 saturated carbocycles. The molecular weight excluding hydrogens is 620 g/mol. The van der Waals surface area contributed by atoms with E-state index in [2.05, 4.69) is 74.3 Å². The van der Waals surface area contributed by atoms with Crippen molar-refractivity contribution < 1.29 is 29.3 Å². The third-order valence-corrected chi connectivity index (χ3v) is 8.07. The molecular formula is C32H32N10O6. The number of hydrogen-bond donors (Lipinski definition) is 4. The van der Waals surface area contributed by atoms with Crippen LogP contribution in [0.4, 0.5) is 0 Å². The topological polar surface area (TPSA) is 208 Å². The van der Waals surface area contributed by atoms with E-state index < -0.39 is 11.9 Å². The van der Waals surface area contributed by atoms with Crippen LogP contribution in [0.15, 0.2) is 36.7 Å². The summed E-state index contributed by atoms with van der Waals surface area (Å²) < 4.78 is 11.0. The Bertz CT molecular complexity index is 1850. The van der Waals surface area contributed by atoms with Gasteiger partial charge in [-0.3, -0.25) is 0 Å². The molecule has 4 N–H and O–H groups in total. The minimum Gasteiger partial charge on any atom is -0.476 e. The number of aromatic amines is 2. The zero-order chi connectivity index (χ0) is 33.3. The van der Waals surface area contributed by atoms with Gasteiger partial charge in [0.1, 0.15) is 22.9 Å². The van der Waals surface area contributed by atoms with Crippen LogP contribution < -0.4 is 9.47 Å². The molecule has 0 aromatic carbocycles. The predicted octanol–water partition coefficient (Wildman–Crippen LogP) is 2.52. The van der Waals surface area contributed by atoms with E-state index in [4.69, 9.17) is 14.6 Å². The standard InChI is InChI=1S/C32H32N10O6/c43-31(44)27-29(37-39-35-27)47-25-7-12-33-24(19-25)4-2-22-10-15-42(16-11-22)18-17-41-13-8-21(9-14-41)1-3-23-5-6-26(20-34-23)48-30-28(32(45)46)36-40-38-30/h5-7,12,19-22H,8-11,13-18H2,(H,43,44)(H,45,46)(H,35,37,39)(H,36,38,40). The number of hydrogen-bond acceptors (Lipinski definition) is 12. The van der Waals surface area contributed by atoms with E-state index in [1.54, 1.807) is 30.5 Å². The lowest BCUT2D eigenvalue weighted by atomic mass is 9.96. The van der Waals surface area contributed by atoms with Gasteiger partial charge in [0.15, 0.2) is 0 Å². The summed E-state index contributed by atoms with van der Waals surface area (Å²) in [5.74, 6) is 11.6. The summed E-state index contributed by atoms with van der Waals surface area (Å²) in [7, 11) is 0. The van der Waals surface area contributed by atoms with Crippen molar-refractivity contribution in [3.8, 4) is 46.9 Å². The number of aromatic nitrogens is 8. The summed E-state index contributed by atoms with van der Waals surface area (Å²) in [4.78, 5) is 36.0. The van der Waals surface area contributed by atoms with E-state index in [1.165, 1.54) is 6.20 Å². The Kier molecular flexibility index (Phi) is 10.1. The number of nitrogens with zero attached hydrogens (tertiary/aromatic N) is 8. The van der Waals surface area contributed by atoms with Crippen LogP contribution in [-0.2, 0) is 0 Å². The minimum absolute atomic E-state index is 0.118. The highest BCUT2D eigenvalue weighted by Gasteiger charge is 2.22. The normalized spacial score (nSPS) is 15.9. The van der Waals surface area contributed by atoms with E-state index in [9.17, 15) is 14.7 Å². The monoisotopic (exact) mass is 652 g/mol. The average molecular weight is 653 g/mol. The van der Waals surface area contributed by atoms with Crippen molar-refractivity contribution in [1.29, 1.82) is 0 Å². The van der Waals surface area contributed by atoms with Crippen LogP contribution in [0.2, 0.25) is 0 Å². The van der Waals surface area contributed by atoms with Crippen LogP contribution in [0, 0.1) is 35.5 Å². The first kappa shape index (κ1) is 32.1. The van der Waals surface area contributed by atoms with Crippen LogP contribution in [0.3, 0.4) is 0 Å². The Balaban J connectivity index is 0.891. The molecule has 6 heterocycles.